The van der Waals surface area contributed by atoms with Crippen LogP contribution in [0.3, 0.4) is 0 Å². The number of thiophene rings is 1. The molecule has 0 aliphatic heterocycles. The van der Waals surface area contributed by atoms with Gasteiger partial charge in [-0.1, -0.05) is 0 Å². The van der Waals surface area contributed by atoms with Crippen molar-refractivity contribution in [1.29, 1.82) is 0 Å². The molecule has 1 N–H and O–H groups in total. The summed E-state index contributed by atoms with van der Waals surface area (Å²) in [6.45, 7) is 3.88. The van der Waals surface area contributed by atoms with Crippen molar-refractivity contribution in [1.82, 2.24) is 15.1 Å². The Bertz CT molecular complexity index is 542. The molecule has 0 spiro atoms. The van der Waals surface area contributed by atoms with Gasteiger partial charge < -0.3 is 5.32 Å². The van der Waals surface area contributed by atoms with E-state index in [1.54, 1.807) is 11.3 Å². The minimum Gasteiger partial charge on any atom is -0.310 e. The third-order valence-corrected chi connectivity index (χ3v) is 5.11. The molecule has 5 heteroatoms. The third kappa shape index (κ3) is 2.84. The zero-order chi connectivity index (χ0) is 12.5. The SMILES string of the molecule is Cc1nn(Cc2sccc2Br)cc1CNC1CC1. The Labute approximate surface area is 119 Å². The Balaban J connectivity index is 1.68. The second kappa shape index (κ2) is 5.15. The minimum atomic E-state index is 0.749. The molecule has 2 aromatic heterocycles. The predicted molar refractivity (Wildman–Crippen MR) is 77.9 cm³/mol. The maximum atomic E-state index is 4.59. The van der Waals surface area contributed by atoms with E-state index in [2.05, 4.69) is 50.9 Å². The van der Waals surface area contributed by atoms with Crippen molar-refractivity contribution >= 4 is 27.3 Å². The molecule has 3 rings (SSSR count). The van der Waals surface area contributed by atoms with Crippen molar-refractivity contribution in [3.05, 3.63) is 38.3 Å². The summed E-state index contributed by atoms with van der Waals surface area (Å²) in [7, 11) is 0. The van der Waals surface area contributed by atoms with Gasteiger partial charge in [0, 0.05) is 33.7 Å². The fraction of sp³-hybridized carbons (Fsp3) is 0.462. The number of nitrogens with one attached hydrogen (secondary N) is 1. The number of halogens is 1. The number of aryl methyl sites for hydroxylation is 1. The molecule has 0 amide bonds. The first-order chi connectivity index (χ1) is 8.72. The number of rotatable bonds is 5. The zero-order valence-electron chi connectivity index (χ0n) is 10.3. The maximum Gasteiger partial charge on any atom is 0.0763 e. The molecule has 0 aromatic carbocycles. The highest BCUT2D eigenvalue weighted by Gasteiger charge is 2.20. The van der Waals surface area contributed by atoms with Gasteiger partial charge in [-0.3, -0.25) is 4.68 Å². The van der Waals surface area contributed by atoms with E-state index in [0.717, 1.165) is 24.8 Å². The molecule has 1 fully saturated rings. The average Bonchev–Trinajstić information content (AvgIpc) is 3.00. The molecule has 3 nitrogen and oxygen atoms in total. The Hall–Kier alpha value is -0.650. The number of hydrogen-bond donors (Lipinski definition) is 1. The standard InChI is InChI=1S/C13H16BrN3S/c1-9-10(6-15-11-2-3-11)7-17(16-9)8-13-12(14)4-5-18-13/h4-5,7,11,15H,2-3,6,8H2,1H3. The minimum absolute atomic E-state index is 0.749. The monoisotopic (exact) mass is 325 g/mol. The Morgan fingerprint density at radius 1 is 1.56 bits per heavy atom. The van der Waals surface area contributed by atoms with Crippen LogP contribution in [0, 0.1) is 6.92 Å². The second-order valence-corrected chi connectivity index (χ2v) is 6.64. The van der Waals surface area contributed by atoms with E-state index >= 15 is 0 Å². The van der Waals surface area contributed by atoms with Crippen molar-refractivity contribution < 1.29 is 0 Å². The van der Waals surface area contributed by atoms with Crippen LogP contribution in [0.1, 0.15) is 29.0 Å². The smallest absolute Gasteiger partial charge is 0.0763 e. The number of aromatic nitrogens is 2. The maximum absolute atomic E-state index is 4.59. The molecule has 1 aliphatic rings. The molecule has 2 heterocycles. The molecule has 1 saturated carbocycles. The van der Waals surface area contributed by atoms with E-state index in [1.807, 2.05) is 4.68 Å². The number of nitrogens with zero attached hydrogens (tertiary/aromatic N) is 2. The molecule has 0 radical (unpaired) electrons. The van der Waals surface area contributed by atoms with Gasteiger partial charge in [0.15, 0.2) is 0 Å². The quantitative estimate of drug-likeness (QED) is 0.913. The highest BCUT2D eigenvalue weighted by Crippen LogP contribution is 2.24. The lowest BCUT2D eigenvalue weighted by atomic mass is 10.2. The van der Waals surface area contributed by atoms with Gasteiger partial charge in [-0.15, -0.1) is 11.3 Å². The molecule has 0 unspecified atom stereocenters. The van der Waals surface area contributed by atoms with Gasteiger partial charge in [0.1, 0.15) is 0 Å². The van der Waals surface area contributed by atoms with Crippen molar-refractivity contribution in [2.45, 2.75) is 38.9 Å². The van der Waals surface area contributed by atoms with E-state index in [9.17, 15) is 0 Å². The van der Waals surface area contributed by atoms with Crippen LogP contribution >= 0.6 is 27.3 Å². The number of hydrogen-bond acceptors (Lipinski definition) is 3. The highest BCUT2D eigenvalue weighted by molar-refractivity contribution is 9.10. The summed E-state index contributed by atoms with van der Waals surface area (Å²) < 4.78 is 3.22. The van der Waals surface area contributed by atoms with E-state index in [1.165, 1.54) is 27.8 Å². The van der Waals surface area contributed by atoms with Crippen molar-refractivity contribution in [3.8, 4) is 0 Å². The topological polar surface area (TPSA) is 29.9 Å². The zero-order valence-corrected chi connectivity index (χ0v) is 12.7. The lowest BCUT2D eigenvalue weighted by Gasteiger charge is -2.00. The van der Waals surface area contributed by atoms with E-state index in [0.29, 0.717) is 0 Å². The van der Waals surface area contributed by atoms with Crippen LogP contribution in [-0.4, -0.2) is 15.8 Å². The Morgan fingerprint density at radius 2 is 2.39 bits per heavy atom. The van der Waals surface area contributed by atoms with Crippen molar-refractivity contribution in [2.75, 3.05) is 0 Å². The Morgan fingerprint density at radius 3 is 3.06 bits per heavy atom. The van der Waals surface area contributed by atoms with Crippen LogP contribution in [0.25, 0.3) is 0 Å². The van der Waals surface area contributed by atoms with Crippen LogP contribution in [0.4, 0.5) is 0 Å². The molecular weight excluding hydrogens is 310 g/mol. The fourth-order valence-corrected chi connectivity index (χ4v) is 3.41. The van der Waals surface area contributed by atoms with Gasteiger partial charge in [-0.05, 0) is 47.1 Å². The predicted octanol–water partition coefficient (Wildman–Crippen LogP) is 3.32. The van der Waals surface area contributed by atoms with E-state index in [4.69, 9.17) is 0 Å². The van der Waals surface area contributed by atoms with Crippen molar-refractivity contribution in [2.24, 2.45) is 0 Å². The van der Waals surface area contributed by atoms with Crippen molar-refractivity contribution in [3.63, 3.8) is 0 Å². The van der Waals surface area contributed by atoms with Gasteiger partial charge >= 0.3 is 0 Å². The lowest BCUT2D eigenvalue weighted by molar-refractivity contribution is 0.677. The van der Waals surface area contributed by atoms with Crippen LogP contribution in [0.5, 0.6) is 0 Å². The molecule has 1 aliphatic carbocycles. The molecule has 18 heavy (non-hydrogen) atoms. The average molecular weight is 326 g/mol. The van der Waals surface area contributed by atoms with E-state index < -0.39 is 0 Å². The first-order valence-corrected chi connectivity index (χ1v) is 7.88. The van der Waals surface area contributed by atoms with Crippen LogP contribution in [-0.2, 0) is 13.1 Å². The van der Waals surface area contributed by atoms with E-state index in [-0.39, 0.29) is 0 Å². The molecule has 0 atom stereocenters. The Kier molecular flexibility index (Phi) is 3.54. The molecule has 2 aromatic rings. The summed E-state index contributed by atoms with van der Waals surface area (Å²) in [5, 5.41) is 10.2. The van der Waals surface area contributed by atoms with Gasteiger partial charge in [-0.2, -0.15) is 5.10 Å². The summed E-state index contributed by atoms with van der Waals surface area (Å²) in [5.41, 5.74) is 2.45. The fourth-order valence-electron chi connectivity index (χ4n) is 1.94. The summed E-state index contributed by atoms with van der Waals surface area (Å²) in [5.74, 6) is 0. The summed E-state index contributed by atoms with van der Waals surface area (Å²) in [4.78, 5) is 1.32. The highest BCUT2D eigenvalue weighted by atomic mass is 79.9. The van der Waals surface area contributed by atoms with Gasteiger partial charge in [-0.25, -0.2) is 0 Å². The van der Waals surface area contributed by atoms with Crippen LogP contribution < -0.4 is 5.32 Å². The molecule has 0 bridgehead atoms. The normalized spacial score (nSPS) is 15.2. The van der Waals surface area contributed by atoms with Gasteiger partial charge in [0.25, 0.3) is 0 Å². The summed E-state index contributed by atoms with van der Waals surface area (Å²) >= 11 is 5.33. The second-order valence-electron chi connectivity index (χ2n) is 4.78. The first kappa shape index (κ1) is 12.4. The molecule has 0 saturated heterocycles. The first-order valence-electron chi connectivity index (χ1n) is 6.20. The third-order valence-electron chi connectivity index (χ3n) is 3.20. The van der Waals surface area contributed by atoms with Crippen LogP contribution in [0.2, 0.25) is 0 Å². The largest absolute Gasteiger partial charge is 0.310 e. The van der Waals surface area contributed by atoms with Gasteiger partial charge in [0.2, 0.25) is 0 Å². The van der Waals surface area contributed by atoms with Crippen LogP contribution in [0.15, 0.2) is 22.1 Å². The molecular formula is C13H16BrN3S. The summed E-state index contributed by atoms with van der Waals surface area (Å²) in [6, 6.07) is 2.84. The lowest BCUT2D eigenvalue weighted by Crippen LogP contribution is -2.15. The summed E-state index contributed by atoms with van der Waals surface area (Å²) in [6.07, 6.45) is 4.82. The molecule has 96 valence electrons. The van der Waals surface area contributed by atoms with Gasteiger partial charge in [0.05, 0.1) is 12.2 Å².